The van der Waals surface area contributed by atoms with E-state index in [-0.39, 0.29) is 6.42 Å². The van der Waals surface area contributed by atoms with Gasteiger partial charge in [0.15, 0.2) is 0 Å². The minimum atomic E-state index is -1.07. The molecule has 3 N–H and O–H groups in total. The Labute approximate surface area is 112 Å². The Hall–Kier alpha value is -2.48. The highest BCUT2D eigenvalue weighted by Gasteiger charge is 2.19. The summed E-state index contributed by atoms with van der Waals surface area (Å²) < 4.78 is 0. The first-order chi connectivity index (χ1) is 9.13. The van der Waals surface area contributed by atoms with Crippen LogP contribution in [0.2, 0.25) is 0 Å². The van der Waals surface area contributed by atoms with Gasteiger partial charge < -0.3 is 15.7 Å². The lowest BCUT2D eigenvalue weighted by atomic mass is 10.1. The van der Waals surface area contributed by atoms with Crippen molar-refractivity contribution in [2.75, 3.05) is 6.54 Å². The Bertz CT molecular complexity index is 465. The smallest absolute Gasteiger partial charge is 0.326 e. The number of urea groups is 1. The number of hydrogen-bond donors (Lipinski definition) is 3. The molecule has 2 amide bonds. The van der Waals surface area contributed by atoms with E-state index in [1.807, 2.05) is 30.3 Å². The Balaban J connectivity index is 2.52. The summed E-state index contributed by atoms with van der Waals surface area (Å²) in [5, 5.41) is 14.0. The molecular weight excluding hydrogens is 244 g/mol. The van der Waals surface area contributed by atoms with E-state index in [0.29, 0.717) is 13.0 Å². The van der Waals surface area contributed by atoms with Gasteiger partial charge >= 0.3 is 12.0 Å². The van der Waals surface area contributed by atoms with Gasteiger partial charge in [0.25, 0.3) is 0 Å². The quantitative estimate of drug-likeness (QED) is 0.527. The van der Waals surface area contributed by atoms with Crippen LogP contribution >= 0.6 is 0 Å². The van der Waals surface area contributed by atoms with E-state index in [2.05, 4.69) is 16.6 Å². The number of nitrogens with one attached hydrogen (secondary N) is 2. The molecule has 0 spiro atoms. The van der Waals surface area contributed by atoms with Crippen molar-refractivity contribution in [3.05, 3.63) is 35.9 Å². The van der Waals surface area contributed by atoms with Crippen molar-refractivity contribution in [3.63, 3.8) is 0 Å². The van der Waals surface area contributed by atoms with Crippen molar-refractivity contribution in [2.45, 2.75) is 18.9 Å². The number of carbonyl (C=O) groups excluding carboxylic acids is 1. The average Bonchev–Trinajstić information content (AvgIpc) is 2.39. The lowest BCUT2D eigenvalue weighted by Crippen LogP contribution is -2.47. The van der Waals surface area contributed by atoms with E-state index >= 15 is 0 Å². The van der Waals surface area contributed by atoms with Crippen LogP contribution in [0.1, 0.15) is 12.0 Å². The molecule has 0 aliphatic carbocycles. The van der Waals surface area contributed by atoms with Crippen molar-refractivity contribution in [1.29, 1.82) is 0 Å². The third-order valence-electron chi connectivity index (χ3n) is 2.44. The number of carboxylic acid groups (broad SMARTS) is 1. The standard InChI is InChI=1S/C14H16N2O3/c1-2-3-9-15-14(19)16-12(13(17)18)10-11-7-5-4-6-8-11/h1,4-8,12H,3,9-10H2,(H,17,18)(H2,15,16,19). The SMILES string of the molecule is C#CCCNC(=O)NC(Cc1ccccc1)C(=O)O. The number of amides is 2. The van der Waals surface area contributed by atoms with Crippen LogP contribution in [0.4, 0.5) is 4.79 Å². The van der Waals surface area contributed by atoms with Gasteiger partial charge in [-0.2, -0.15) is 0 Å². The third-order valence-corrected chi connectivity index (χ3v) is 2.44. The number of aliphatic carboxylic acids is 1. The third kappa shape index (κ3) is 5.59. The molecule has 5 nitrogen and oxygen atoms in total. The van der Waals surface area contributed by atoms with E-state index in [0.717, 1.165) is 5.56 Å². The van der Waals surface area contributed by atoms with E-state index in [1.165, 1.54) is 0 Å². The molecule has 0 heterocycles. The Morgan fingerprint density at radius 2 is 2.00 bits per heavy atom. The van der Waals surface area contributed by atoms with Crippen molar-refractivity contribution in [3.8, 4) is 12.3 Å². The predicted octanol–water partition coefficient (Wildman–Crippen LogP) is 1.00. The molecular formula is C14H16N2O3. The predicted molar refractivity (Wildman–Crippen MR) is 71.6 cm³/mol. The molecule has 0 fully saturated rings. The highest BCUT2D eigenvalue weighted by molar-refractivity contribution is 5.82. The van der Waals surface area contributed by atoms with Crippen LogP contribution < -0.4 is 10.6 Å². The van der Waals surface area contributed by atoms with Gasteiger partial charge in [-0.25, -0.2) is 9.59 Å². The van der Waals surface area contributed by atoms with Gasteiger partial charge in [0.2, 0.25) is 0 Å². The zero-order valence-electron chi connectivity index (χ0n) is 10.4. The minimum Gasteiger partial charge on any atom is -0.480 e. The highest BCUT2D eigenvalue weighted by Crippen LogP contribution is 2.03. The van der Waals surface area contributed by atoms with Crippen LogP contribution in [0.25, 0.3) is 0 Å². The lowest BCUT2D eigenvalue weighted by molar-refractivity contribution is -0.139. The van der Waals surface area contributed by atoms with Crippen molar-refractivity contribution in [2.24, 2.45) is 0 Å². The first-order valence-electron chi connectivity index (χ1n) is 5.88. The van der Waals surface area contributed by atoms with Crippen LogP contribution in [-0.2, 0) is 11.2 Å². The molecule has 0 aliphatic heterocycles. The molecule has 1 aromatic rings. The van der Waals surface area contributed by atoms with Crippen LogP contribution in [0.5, 0.6) is 0 Å². The zero-order valence-corrected chi connectivity index (χ0v) is 10.4. The molecule has 0 aliphatic rings. The van der Waals surface area contributed by atoms with Gasteiger partial charge in [-0.05, 0) is 5.56 Å². The molecule has 0 saturated carbocycles. The van der Waals surface area contributed by atoms with Gasteiger partial charge in [-0.1, -0.05) is 30.3 Å². The number of terminal acetylenes is 1. The average molecular weight is 260 g/mol. The summed E-state index contributed by atoms with van der Waals surface area (Å²) in [6.07, 6.45) is 5.69. The van der Waals surface area contributed by atoms with Crippen LogP contribution in [0, 0.1) is 12.3 Å². The van der Waals surface area contributed by atoms with Gasteiger partial charge in [-0.3, -0.25) is 0 Å². The summed E-state index contributed by atoms with van der Waals surface area (Å²) in [7, 11) is 0. The number of benzene rings is 1. The maximum atomic E-state index is 11.5. The molecule has 0 bridgehead atoms. The maximum Gasteiger partial charge on any atom is 0.326 e. The second kappa shape index (κ2) is 7.77. The van der Waals surface area contributed by atoms with Gasteiger partial charge in [0.05, 0.1) is 0 Å². The monoisotopic (exact) mass is 260 g/mol. The van der Waals surface area contributed by atoms with Crippen molar-refractivity contribution in [1.82, 2.24) is 10.6 Å². The summed E-state index contributed by atoms with van der Waals surface area (Å²) in [4.78, 5) is 22.6. The molecule has 1 unspecified atom stereocenters. The Morgan fingerprint density at radius 1 is 1.32 bits per heavy atom. The summed E-state index contributed by atoms with van der Waals surface area (Å²) in [6, 6.07) is 7.62. The van der Waals surface area contributed by atoms with E-state index < -0.39 is 18.0 Å². The van der Waals surface area contributed by atoms with E-state index in [9.17, 15) is 9.59 Å². The molecule has 1 aromatic carbocycles. The topological polar surface area (TPSA) is 78.4 Å². The summed E-state index contributed by atoms with van der Waals surface area (Å²) >= 11 is 0. The maximum absolute atomic E-state index is 11.5. The molecule has 19 heavy (non-hydrogen) atoms. The molecule has 5 heteroatoms. The number of carbonyl (C=O) groups is 2. The summed E-state index contributed by atoms with van der Waals surface area (Å²) in [6.45, 7) is 0.319. The molecule has 0 radical (unpaired) electrons. The molecule has 0 saturated heterocycles. The van der Waals surface area contributed by atoms with Gasteiger partial charge in [0.1, 0.15) is 6.04 Å². The summed E-state index contributed by atoms with van der Waals surface area (Å²) in [5.74, 6) is 1.31. The zero-order chi connectivity index (χ0) is 14.1. The van der Waals surface area contributed by atoms with Crippen LogP contribution in [-0.4, -0.2) is 29.7 Å². The Kier molecular flexibility index (Phi) is 5.96. The highest BCUT2D eigenvalue weighted by atomic mass is 16.4. The number of carboxylic acids is 1. The van der Waals surface area contributed by atoms with Crippen molar-refractivity contribution < 1.29 is 14.7 Å². The fraction of sp³-hybridized carbons (Fsp3) is 0.286. The Morgan fingerprint density at radius 3 is 2.58 bits per heavy atom. The van der Waals surface area contributed by atoms with Crippen LogP contribution in [0.3, 0.4) is 0 Å². The largest absolute Gasteiger partial charge is 0.480 e. The second-order valence-electron chi connectivity index (χ2n) is 3.93. The molecule has 0 aromatic heterocycles. The van der Waals surface area contributed by atoms with E-state index in [1.54, 1.807) is 0 Å². The van der Waals surface area contributed by atoms with Crippen LogP contribution in [0.15, 0.2) is 30.3 Å². The van der Waals surface area contributed by atoms with Gasteiger partial charge in [-0.15, -0.1) is 12.3 Å². The molecule has 100 valence electrons. The lowest BCUT2D eigenvalue weighted by Gasteiger charge is -2.15. The first-order valence-corrected chi connectivity index (χ1v) is 5.88. The normalized spacial score (nSPS) is 11.1. The fourth-order valence-electron chi connectivity index (χ4n) is 1.51. The second-order valence-corrected chi connectivity index (χ2v) is 3.93. The summed E-state index contributed by atoms with van der Waals surface area (Å²) in [5.41, 5.74) is 0.846. The minimum absolute atomic E-state index is 0.235. The van der Waals surface area contributed by atoms with Gasteiger partial charge in [0, 0.05) is 19.4 Å². The number of rotatable bonds is 6. The fourth-order valence-corrected chi connectivity index (χ4v) is 1.51. The van der Waals surface area contributed by atoms with E-state index in [4.69, 9.17) is 11.5 Å². The number of hydrogen-bond acceptors (Lipinski definition) is 2. The first kappa shape index (κ1) is 14.6. The molecule has 1 rings (SSSR count). The van der Waals surface area contributed by atoms with Crippen molar-refractivity contribution >= 4 is 12.0 Å². The molecule has 1 atom stereocenters.